The number of hydrogen-bond acceptors (Lipinski definition) is 6. The van der Waals surface area contributed by atoms with Gasteiger partial charge in [0.25, 0.3) is 0 Å². The van der Waals surface area contributed by atoms with Crippen LogP contribution in [0.15, 0.2) is 36.4 Å². The van der Waals surface area contributed by atoms with Crippen LogP contribution in [0.2, 0.25) is 0 Å². The summed E-state index contributed by atoms with van der Waals surface area (Å²) in [6.45, 7) is 2.32. The molecule has 0 saturated carbocycles. The van der Waals surface area contributed by atoms with Crippen LogP contribution in [-0.2, 0) is 10.1 Å². The standard InChI is InChI=1S/C9H6F4O4S.C8H7FO2/c1-5(14)7-3-2-6(4-8(7)10)17-18(15,16)9(11,12)13;1-5(10)7-3-2-6(11)4-8(7)9/h2-4H,1H3;2-4,11H,1H3. The van der Waals surface area contributed by atoms with Crippen LogP contribution in [0.4, 0.5) is 22.0 Å². The van der Waals surface area contributed by atoms with Crippen molar-refractivity contribution >= 4 is 21.7 Å². The Morgan fingerprint density at radius 3 is 1.72 bits per heavy atom. The molecule has 29 heavy (non-hydrogen) atoms. The Morgan fingerprint density at radius 1 is 0.897 bits per heavy atom. The van der Waals surface area contributed by atoms with Crippen LogP contribution in [0.1, 0.15) is 34.6 Å². The van der Waals surface area contributed by atoms with Gasteiger partial charge in [-0.15, -0.1) is 0 Å². The van der Waals surface area contributed by atoms with Crippen molar-refractivity contribution in [2.24, 2.45) is 0 Å². The predicted octanol–water partition coefficient (Wildman–Crippen LogP) is 3.99. The van der Waals surface area contributed by atoms with E-state index in [0.717, 1.165) is 25.1 Å². The highest BCUT2D eigenvalue weighted by molar-refractivity contribution is 7.88. The minimum Gasteiger partial charge on any atom is -0.508 e. The molecular formula is C17H13F5O6S. The van der Waals surface area contributed by atoms with Gasteiger partial charge in [-0.3, -0.25) is 9.59 Å². The highest BCUT2D eigenvalue weighted by Gasteiger charge is 2.48. The third kappa shape index (κ3) is 6.52. The lowest BCUT2D eigenvalue weighted by Gasteiger charge is -2.09. The van der Waals surface area contributed by atoms with E-state index in [1.807, 2.05) is 0 Å². The van der Waals surface area contributed by atoms with Crippen LogP contribution in [-0.4, -0.2) is 30.6 Å². The number of phenolic OH excluding ortho intramolecular Hbond substituents is 1. The lowest BCUT2D eigenvalue weighted by Crippen LogP contribution is -2.28. The predicted molar refractivity (Wildman–Crippen MR) is 90.1 cm³/mol. The third-order valence-electron chi connectivity index (χ3n) is 3.14. The number of aromatic hydroxyl groups is 1. The highest BCUT2D eigenvalue weighted by atomic mass is 32.2. The Kier molecular flexibility index (Phi) is 7.44. The molecule has 0 bridgehead atoms. The molecule has 2 rings (SSSR count). The molecule has 0 fully saturated rings. The van der Waals surface area contributed by atoms with Crippen molar-refractivity contribution in [1.82, 2.24) is 0 Å². The smallest absolute Gasteiger partial charge is 0.508 e. The van der Waals surface area contributed by atoms with E-state index in [-0.39, 0.29) is 22.7 Å². The highest BCUT2D eigenvalue weighted by Crippen LogP contribution is 2.27. The molecule has 0 aliphatic heterocycles. The minimum atomic E-state index is -5.85. The number of halogens is 5. The van der Waals surface area contributed by atoms with E-state index < -0.39 is 38.8 Å². The maximum absolute atomic E-state index is 13.2. The first kappa shape index (κ1) is 24.0. The lowest BCUT2D eigenvalue weighted by molar-refractivity contribution is -0.0500. The first-order valence-corrected chi connectivity index (χ1v) is 8.87. The van der Waals surface area contributed by atoms with E-state index in [1.54, 1.807) is 0 Å². The number of carbonyl (C=O) groups is 2. The molecule has 0 saturated heterocycles. The largest absolute Gasteiger partial charge is 0.534 e. The second-order valence-electron chi connectivity index (χ2n) is 5.40. The first-order chi connectivity index (χ1) is 13.2. The van der Waals surface area contributed by atoms with E-state index in [1.165, 1.54) is 19.1 Å². The molecular weight excluding hydrogens is 427 g/mol. The van der Waals surface area contributed by atoms with Gasteiger partial charge in [0, 0.05) is 12.1 Å². The summed E-state index contributed by atoms with van der Waals surface area (Å²) in [6.07, 6.45) is 0. The second kappa shape index (κ2) is 8.99. The Bertz CT molecular complexity index is 1030. The average Bonchev–Trinajstić information content (AvgIpc) is 2.53. The molecule has 0 aliphatic rings. The molecule has 0 aromatic heterocycles. The maximum Gasteiger partial charge on any atom is 0.534 e. The van der Waals surface area contributed by atoms with Crippen LogP contribution >= 0.6 is 0 Å². The summed E-state index contributed by atoms with van der Waals surface area (Å²) in [7, 11) is -5.85. The summed E-state index contributed by atoms with van der Waals surface area (Å²) >= 11 is 0. The van der Waals surface area contributed by atoms with Crippen molar-refractivity contribution in [3.05, 3.63) is 59.2 Å². The summed E-state index contributed by atoms with van der Waals surface area (Å²) in [5.74, 6) is -3.89. The molecule has 12 heteroatoms. The molecule has 0 spiro atoms. The summed E-state index contributed by atoms with van der Waals surface area (Å²) in [4.78, 5) is 21.5. The van der Waals surface area contributed by atoms with Crippen molar-refractivity contribution in [1.29, 1.82) is 0 Å². The Labute approximate surface area is 161 Å². The van der Waals surface area contributed by atoms with E-state index in [0.29, 0.717) is 6.07 Å². The zero-order valence-corrected chi connectivity index (χ0v) is 15.6. The molecule has 2 aromatic carbocycles. The SMILES string of the molecule is CC(=O)c1ccc(O)cc1F.CC(=O)c1ccc(OS(=O)(=O)C(F)(F)F)cc1F. The quantitative estimate of drug-likeness (QED) is 0.334. The van der Waals surface area contributed by atoms with Crippen LogP contribution in [0.5, 0.6) is 11.5 Å². The number of alkyl halides is 3. The molecule has 0 heterocycles. The zero-order valence-electron chi connectivity index (χ0n) is 14.8. The Hall–Kier alpha value is -3.02. The molecule has 0 aliphatic carbocycles. The van der Waals surface area contributed by atoms with Crippen molar-refractivity contribution in [3.63, 3.8) is 0 Å². The van der Waals surface area contributed by atoms with Gasteiger partial charge in [-0.05, 0) is 38.1 Å². The Balaban J connectivity index is 0.000000326. The summed E-state index contributed by atoms with van der Waals surface area (Å²) < 4.78 is 86.7. The number of phenols is 1. The molecule has 1 N–H and O–H groups in total. The number of benzene rings is 2. The van der Waals surface area contributed by atoms with E-state index in [2.05, 4.69) is 4.18 Å². The number of hydrogen-bond donors (Lipinski definition) is 1. The van der Waals surface area contributed by atoms with Crippen LogP contribution < -0.4 is 4.18 Å². The van der Waals surface area contributed by atoms with Gasteiger partial charge in [-0.2, -0.15) is 21.6 Å². The molecule has 2 aromatic rings. The number of ketones is 2. The number of rotatable bonds is 4. The molecule has 0 atom stereocenters. The summed E-state index contributed by atoms with van der Waals surface area (Å²) in [6, 6.07) is 5.42. The fraction of sp³-hybridized carbons (Fsp3) is 0.176. The molecule has 0 amide bonds. The fourth-order valence-corrected chi connectivity index (χ4v) is 2.25. The molecule has 0 unspecified atom stereocenters. The van der Waals surface area contributed by atoms with E-state index in [9.17, 15) is 40.0 Å². The molecule has 6 nitrogen and oxygen atoms in total. The Morgan fingerprint density at radius 2 is 1.34 bits per heavy atom. The van der Waals surface area contributed by atoms with Gasteiger partial charge >= 0.3 is 15.6 Å². The van der Waals surface area contributed by atoms with Crippen molar-refractivity contribution < 1.29 is 49.2 Å². The fourth-order valence-electron chi connectivity index (χ4n) is 1.80. The summed E-state index contributed by atoms with van der Waals surface area (Å²) in [5, 5.41) is 8.77. The van der Waals surface area contributed by atoms with Crippen molar-refractivity contribution in [3.8, 4) is 11.5 Å². The third-order valence-corrected chi connectivity index (χ3v) is 4.12. The monoisotopic (exact) mass is 440 g/mol. The maximum atomic E-state index is 13.2. The van der Waals surface area contributed by atoms with Gasteiger partial charge in [0.15, 0.2) is 11.6 Å². The van der Waals surface area contributed by atoms with Gasteiger partial charge in [0.2, 0.25) is 0 Å². The first-order valence-electron chi connectivity index (χ1n) is 7.46. The van der Waals surface area contributed by atoms with Gasteiger partial charge < -0.3 is 9.29 Å². The van der Waals surface area contributed by atoms with Crippen LogP contribution in [0.3, 0.4) is 0 Å². The normalized spacial score (nSPS) is 11.3. The topological polar surface area (TPSA) is 97.7 Å². The zero-order chi connectivity index (χ0) is 22.6. The average molecular weight is 440 g/mol. The van der Waals surface area contributed by atoms with Gasteiger partial charge in [0.1, 0.15) is 23.1 Å². The molecule has 0 radical (unpaired) electrons. The van der Waals surface area contributed by atoms with Crippen molar-refractivity contribution in [2.45, 2.75) is 19.4 Å². The van der Waals surface area contributed by atoms with E-state index >= 15 is 0 Å². The lowest BCUT2D eigenvalue weighted by atomic mass is 10.1. The van der Waals surface area contributed by atoms with Crippen LogP contribution in [0.25, 0.3) is 0 Å². The summed E-state index contributed by atoms with van der Waals surface area (Å²) in [5.41, 5.74) is -5.99. The van der Waals surface area contributed by atoms with Crippen LogP contribution in [0, 0.1) is 11.6 Å². The number of Topliss-reactive ketones (excluding diaryl/α,β-unsaturated/α-hetero) is 2. The number of carbonyl (C=O) groups excluding carboxylic acids is 2. The van der Waals surface area contributed by atoms with Gasteiger partial charge in [-0.1, -0.05) is 0 Å². The van der Waals surface area contributed by atoms with E-state index in [4.69, 9.17) is 5.11 Å². The van der Waals surface area contributed by atoms with Crippen molar-refractivity contribution in [2.75, 3.05) is 0 Å². The second-order valence-corrected chi connectivity index (χ2v) is 6.94. The minimum absolute atomic E-state index is 0.00259. The molecule has 158 valence electrons. The van der Waals surface area contributed by atoms with Gasteiger partial charge in [-0.25, -0.2) is 8.78 Å². The van der Waals surface area contributed by atoms with Gasteiger partial charge in [0.05, 0.1) is 11.1 Å².